The topological polar surface area (TPSA) is 80.5 Å². The zero-order chi connectivity index (χ0) is 12.7. The summed E-state index contributed by atoms with van der Waals surface area (Å²) in [7, 11) is 0. The van der Waals surface area contributed by atoms with Gasteiger partial charge in [0.15, 0.2) is 0 Å². The fraction of sp³-hybridized carbons (Fsp3) is 0.545. The van der Waals surface area contributed by atoms with E-state index in [9.17, 15) is 14.4 Å². The maximum Gasteiger partial charge on any atom is 0.293 e. The third-order valence-corrected chi connectivity index (χ3v) is 2.02. The minimum atomic E-state index is -0.599. The lowest BCUT2D eigenvalue weighted by atomic mass is 10.2. The smallest absolute Gasteiger partial charge is 0.293 e. The van der Waals surface area contributed by atoms with Gasteiger partial charge in [0, 0.05) is 24.7 Å². The van der Waals surface area contributed by atoms with Gasteiger partial charge in [-0.3, -0.25) is 14.4 Å². The summed E-state index contributed by atoms with van der Waals surface area (Å²) in [5, 5.41) is 0. The van der Waals surface area contributed by atoms with Crippen LogP contribution in [0.5, 0.6) is 0 Å². The van der Waals surface area contributed by atoms with Gasteiger partial charge < -0.3 is 10.6 Å². The molecule has 5 nitrogen and oxygen atoms in total. The number of carbonyl (C=O) groups is 3. The fourth-order valence-corrected chi connectivity index (χ4v) is 1.07. The van der Waals surface area contributed by atoms with Crippen LogP contribution >= 0.6 is 0 Å². The lowest BCUT2D eigenvalue weighted by molar-refractivity contribution is -0.142. The Morgan fingerprint density at radius 3 is 2.19 bits per heavy atom. The third kappa shape index (κ3) is 4.25. The van der Waals surface area contributed by atoms with Gasteiger partial charge in [-0.25, -0.2) is 0 Å². The standard InChI is InChI=1S/C11H18N2O3/c1-4-6-13(7-8(3)10(12)15)11(16)9(14)5-2/h7H,4-6H2,1-3H3,(H2,12,15)/b8-7+. The number of primary amides is 1. The average molecular weight is 226 g/mol. The lowest BCUT2D eigenvalue weighted by Crippen LogP contribution is -2.33. The van der Waals surface area contributed by atoms with E-state index in [0.29, 0.717) is 13.0 Å². The number of amides is 2. The van der Waals surface area contributed by atoms with Crippen molar-refractivity contribution >= 4 is 17.6 Å². The first kappa shape index (κ1) is 14.3. The summed E-state index contributed by atoms with van der Waals surface area (Å²) in [5.41, 5.74) is 5.31. The van der Waals surface area contributed by atoms with Crippen molar-refractivity contribution in [3.63, 3.8) is 0 Å². The number of rotatable bonds is 6. The summed E-state index contributed by atoms with van der Waals surface area (Å²) >= 11 is 0. The Morgan fingerprint density at radius 1 is 1.25 bits per heavy atom. The van der Waals surface area contributed by atoms with E-state index in [1.165, 1.54) is 18.0 Å². The molecule has 90 valence electrons. The number of hydrogen-bond acceptors (Lipinski definition) is 3. The van der Waals surface area contributed by atoms with Crippen LogP contribution in [-0.2, 0) is 14.4 Å². The monoisotopic (exact) mass is 226 g/mol. The van der Waals surface area contributed by atoms with Crippen molar-refractivity contribution in [3.05, 3.63) is 11.8 Å². The van der Waals surface area contributed by atoms with Crippen LogP contribution in [0.15, 0.2) is 11.8 Å². The van der Waals surface area contributed by atoms with Gasteiger partial charge in [-0.2, -0.15) is 0 Å². The van der Waals surface area contributed by atoms with Crippen LogP contribution in [0.1, 0.15) is 33.6 Å². The predicted molar refractivity (Wildman–Crippen MR) is 60.3 cm³/mol. The van der Waals surface area contributed by atoms with Crippen LogP contribution in [0.25, 0.3) is 0 Å². The second-order valence-electron chi connectivity index (χ2n) is 3.45. The fourth-order valence-electron chi connectivity index (χ4n) is 1.07. The Labute approximate surface area is 95.3 Å². The molecule has 0 aliphatic carbocycles. The van der Waals surface area contributed by atoms with Gasteiger partial charge in [0.25, 0.3) is 5.91 Å². The molecular weight excluding hydrogens is 208 g/mol. The number of nitrogens with zero attached hydrogens (tertiary/aromatic N) is 1. The van der Waals surface area contributed by atoms with Gasteiger partial charge in [-0.15, -0.1) is 0 Å². The van der Waals surface area contributed by atoms with Crippen molar-refractivity contribution in [1.82, 2.24) is 4.90 Å². The molecule has 0 aliphatic rings. The molecule has 0 spiro atoms. The van der Waals surface area contributed by atoms with Crippen LogP contribution in [-0.4, -0.2) is 29.0 Å². The largest absolute Gasteiger partial charge is 0.366 e. The molecule has 0 aromatic rings. The molecule has 0 rings (SSSR count). The SMILES string of the molecule is CCCN(/C=C(\C)C(N)=O)C(=O)C(=O)CC. The molecule has 5 heteroatoms. The van der Waals surface area contributed by atoms with Gasteiger partial charge in [-0.1, -0.05) is 13.8 Å². The van der Waals surface area contributed by atoms with Gasteiger partial charge >= 0.3 is 0 Å². The first-order chi connectivity index (χ1) is 7.43. The lowest BCUT2D eigenvalue weighted by Gasteiger charge is -2.17. The van der Waals surface area contributed by atoms with Crippen LogP contribution < -0.4 is 5.73 Å². The van der Waals surface area contributed by atoms with Gasteiger partial charge in [-0.05, 0) is 13.3 Å². The highest BCUT2D eigenvalue weighted by molar-refractivity contribution is 6.36. The molecule has 0 radical (unpaired) electrons. The summed E-state index contributed by atoms with van der Waals surface area (Å²) in [6, 6.07) is 0. The van der Waals surface area contributed by atoms with Crippen LogP contribution in [0.3, 0.4) is 0 Å². The molecule has 0 saturated heterocycles. The first-order valence-electron chi connectivity index (χ1n) is 5.26. The van der Waals surface area contributed by atoms with Crippen molar-refractivity contribution < 1.29 is 14.4 Å². The molecule has 0 atom stereocenters. The summed E-state index contributed by atoms with van der Waals surface area (Å²) in [6.45, 7) is 5.41. The highest BCUT2D eigenvalue weighted by atomic mass is 16.2. The maximum atomic E-state index is 11.6. The first-order valence-corrected chi connectivity index (χ1v) is 5.26. The molecule has 16 heavy (non-hydrogen) atoms. The molecular formula is C11H18N2O3. The second-order valence-corrected chi connectivity index (χ2v) is 3.45. The summed E-state index contributed by atoms with van der Waals surface area (Å²) < 4.78 is 0. The van der Waals surface area contributed by atoms with Gasteiger partial charge in [0.2, 0.25) is 11.7 Å². The van der Waals surface area contributed by atoms with Gasteiger partial charge in [0.05, 0.1) is 0 Å². The van der Waals surface area contributed by atoms with E-state index in [4.69, 9.17) is 5.73 Å². The number of nitrogens with two attached hydrogens (primary N) is 1. The minimum absolute atomic E-state index is 0.155. The minimum Gasteiger partial charge on any atom is -0.366 e. The molecule has 0 heterocycles. The molecule has 0 unspecified atom stereocenters. The number of ketones is 1. The van der Waals surface area contributed by atoms with Gasteiger partial charge in [0.1, 0.15) is 0 Å². The van der Waals surface area contributed by atoms with E-state index in [1.54, 1.807) is 6.92 Å². The van der Waals surface area contributed by atoms with E-state index >= 15 is 0 Å². The van der Waals surface area contributed by atoms with Crippen LogP contribution in [0.4, 0.5) is 0 Å². The Kier molecular flexibility index (Phi) is 6.07. The normalized spacial score (nSPS) is 11.1. The number of carbonyl (C=O) groups excluding carboxylic acids is 3. The Balaban J connectivity index is 4.87. The maximum absolute atomic E-state index is 11.6. The van der Waals surface area contributed by atoms with Crippen molar-refractivity contribution in [2.75, 3.05) is 6.54 Å². The van der Waals surface area contributed by atoms with Crippen LogP contribution in [0, 0.1) is 0 Å². The van der Waals surface area contributed by atoms with E-state index in [1.807, 2.05) is 6.92 Å². The zero-order valence-corrected chi connectivity index (χ0v) is 9.95. The van der Waals surface area contributed by atoms with Crippen molar-refractivity contribution in [2.24, 2.45) is 5.73 Å². The Hall–Kier alpha value is -1.65. The Morgan fingerprint density at radius 2 is 1.81 bits per heavy atom. The second kappa shape index (κ2) is 6.76. The van der Waals surface area contributed by atoms with E-state index in [0.717, 1.165) is 0 Å². The van der Waals surface area contributed by atoms with Crippen molar-refractivity contribution in [1.29, 1.82) is 0 Å². The number of Topliss-reactive ketones (excluding diaryl/α,β-unsaturated/α-hetero) is 1. The molecule has 0 fully saturated rings. The highest BCUT2D eigenvalue weighted by Crippen LogP contribution is 2.01. The molecule has 2 amide bonds. The van der Waals surface area contributed by atoms with Crippen molar-refractivity contribution in [3.8, 4) is 0 Å². The van der Waals surface area contributed by atoms with E-state index < -0.39 is 17.6 Å². The van der Waals surface area contributed by atoms with Crippen molar-refractivity contribution in [2.45, 2.75) is 33.6 Å². The van der Waals surface area contributed by atoms with Crippen LogP contribution in [0.2, 0.25) is 0 Å². The zero-order valence-electron chi connectivity index (χ0n) is 9.95. The molecule has 0 aromatic heterocycles. The quantitative estimate of drug-likeness (QED) is 0.531. The molecule has 0 aliphatic heterocycles. The molecule has 0 aromatic carbocycles. The molecule has 2 N–H and O–H groups in total. The Bertz CT molecular complexity index is 321. The third-order valence-electron chi connectivity index (χ3n) is 2.02. The summed E-state index contributed by atoms with van der Waals surface area (Å²) in [6.07, 6.45) is 2.19. The summed E-state index contributed by atoms with van der Waals surface area (Å²) in [4.78, 5) is 34.9. The number of hydrogen-bond donors (Lipinski definition) is 1. The summed E-state index contributed by atoms with van der Waals surface area (Å²) in [5.74, 6) is -1.66. The highest BCUT2D eigenvalue weighted by Gasteiger charge is 2.18. The predicted octanol–water partition coefficient (Wildman–Crippen LogP) is 0.593. The molecule has 0 bridgehead atoms. The van der Waals surface area contributed by atoms with E-state index in [-0.39, 0.29) is 12.0 Å². The molecule has 0 saturated carbocycles. The average Bonchev–Trinajstić information content (AvgIpc) is 2.26. The van der Waals surface area contributed by atoms with E-state index in [2.05, 4.69) is 0 Å².